The maximum absolute atomic E-state index is 10.1. The molecule has 0 fully saturated rings. The average Bonchev–Trinajstić information content (AvgIpc) is 3.04. The van der Waals surface area contributed by atoms with Crippen molar-refractivity contribution >= 4 is 33.4 Å². The third-order valence-electron chi connectivity index (χ3n) is 3.42. The van der Waals surface area contributed by atoms with Crippen molar-refractivity contribution in [2.75, 3.05) is 0 Å². The molecule has 0 atom stereocenters. The highest BCUT2D eigenvalue weighted by Gasteiger charge is 2.11. The summed E-state index contributed by atoms with van der Waals surface area (Å²) in [4.78, 5) is 15.0. The first-order chi connectivity index (χ1) is 11.2. The van der Waals surface area contributed by atoms with Gasteiger partial charge in [0, 0.05) is 16.8 Å². The van der Waals surface area contributed by atoms with E-state index in [1.165, 1.54) is 18.7 Å². The number of phenols is 2. The van der Waals surface area contributed by atoms with Crippen LogP contribution in [0.15, 0.2) is 53.2 Å². The first kappa shape index (κ1) is 13.1. The summed E-state index contributed by atoms with van der Waals surface area (Å²) in [5.74, 6) is 0.0962. The van der Waals surface area contributed by atoms with Crippen LogP contribution in [-0.2, 0) is 0 Å². The smallest absolute Gasteiger partial charge is 0.205 e. The van der Waals surface area contributed by atoms with Crippen molar-refractivity contribution in [3.05, 3.63) is 43.0 Å². The number of hydrogen-bond donors (Lipinski definition) is 3. The van der Waals surface area contributed by atoms with Gasteiger partial charge in [-0.1, -0.05) is 24.3 Å². The number of aromatic nitrogens is 4. The molecule has 0 amide bonds. The summed E-state index contributed by atoms with van der Waals surface area (Å²) in [6.07, 6.45) is 2.84. The lowest BCUT2D eigenvalue weighted by atomic mass is 10.1. The van der Waals surface area contributed by atoms with Gasteiger partial charge in [0.25, 0.3) is 0 Å². The fourth-order valence-corrected chi connectivity index (χ4v) is 2.35. The van der Waals surface area contributed by atoms with E-state index < -0.39 is 0 Å². The third kappa shape index (κ3) is 2.13. The van der Waals surface area contributed by atoms with Gasteiger partial charge in [-0.25, -0.2) is 15.0 Å². The Morgan fingerprint density at radius 3 is 2.61 bits per heavy atom. The number of azo groups is 1. The van der Waals surface area contributed by atoms with Crippen molar-refractivity contribution in [2.24, 2.45) is 10.2 Å². The number of aromatic hydroxyl groups is 2. The van der Waals surface area contributed by atoms with Crippen LogP contribution in [0.2, 0.25) is 0 Å². The zero-order chi connectivity index (χ0) is 15.8. The fourth-order valence-electron chi connectivity index (χ4n) is 2.35. The van der Waals surface area contributed by atoms with Gasteiger partial charge in [0.05, 0.1) is 6.33 Å². The molecule has 8 nitrogen and oxygen atoms in total. The third-order valence-corrected chi connectivity index (χ3v) is 3.42. The molecule has 112 valence electrons. The van der Waals surface area contributed by atoms with E-state index in [-0.39, 0.29) is 23.0 Å². The molecule has 8 heteroatoms. The molecule has 3 N–H and O–H groups in total. The maximum Gasteiger partial charge on any atom is 0.205 e. The minimum atomic E-state index is -0.169. The maximum atomic E-state index is 10.1. The van der Waals surface area contributed by atoms with Crippen LogP contribution >= 0.6 is 0 Å². The molecular formula is C15H10N6O2. The number of aromatic amines is 1. The molecule has 4 rings (SSSR count). The Labute approximate surface area is 129 Å². The van der Waals surface area contributed by atoms with Crippen LogP contribution in [0.1, 0.15) is 0 Å². The molecule has 0 saturated carbocycles. The van der Waals surface area contributed by atoms with Gasteiger partial charge in [0.15, 0.2) is 11.2 Å². The summed E-state index contributed by atoms with van der Waals surface area (Å²) in [7, 11) is 0. The highest BCUT2D eigenvalue weighted by atomic mass is 16.3. The second kappa shape index (κ2) is 5.02. The second-order valence-electron chi connectivity index (χ2n) is 4.81. The number of rotatable bonds is 2. The van der Waals surface area contributed by atoms with E-state index in [9.17, 15) is 10.2 Å². The van der Waals surface area contributed by atoms with E-state index in [1.54, 1.807) is 24.3 Å². The molecular weight excluding hydrogens is 296 g/mol. The molecule has 0 aliphatic heterocycles. The fraction of sp³-hybridized carbons (Fsp3) is 0. The monoisotopic (exact) mass is 306 g/mol. The van der Waals surface area contributed by atoms with E-state index in [1.807, 2.05) is 0 Å². The van der Waals surface area contributed by atoms with Crippen molar-refractivity contribution in [3.8, 4) is 11.5 Å². The summed E-state index contributed by atoms with van der Waals surface area (Å²) in [6.45, 7) is 0. The van der Waals surface area contributed by atoms with Gasteiger partial charge in [0.1, 0.15) is 23.5 Å². The Morgan fingerprint density at radius 2 is 1.74 bits per heavy atom. The summed E-state index contributed by atoms with van der Waals surface area (Å²) in [5, 5.41) is 29.3. The van der Waals surface area contributed by atoms with E-state index in [0.717, 1.165) is 0 Å². The lowest BCUT2D eigenvalue weighted by molar-refractivity contribution is 0.456. The van der Waals surface area contributed by atoms with Crippen LogP contribution in [-0.4, -0.2) is 30.1 Å². The summed E-state index contributed by atoms with van der Waals surface area (Å²) in [6, 6.07) is 8.29. The number of imidazole rings is 1. The number of hydrogen-bond acceptors (Lipinski definition) is 7. The molecule has 0 unspecified atom stereocenters. The lowest BCUT2D eigenvalue weighted by Gasteiger charge is -2.05. The number of benzene rings is 2. The highest BCUT2D eigenvalue weighted by Crippen LogP contribution is 2.41. The largest absolute Gasteiger partial charge is 0.507 e. The van der Waals surface area contributed by atoms with Crippen LogP contribution in [0.5, 0.6) is 11.5 Å². The number of fused-ring (bicyclic) bond motifs is 2. The topological polar surface area (TPSA) is 120 Å². The minimum absolute atomic E-state index is 0.0197. The molecule has 0 aliphatic carbocycles. The van der Waals surface area contributed by atoms with Crippen molar-refractivity contribution in [2.45, 2.75) is 0 Å². The van der Waals surface area contributed by atoms with Gasteiger partial charge < -0.3 is 15.2 Å². The first-order valence-corrected chi connectivity index (χ1v) is 6.73. The molecule has 2 aromatic heterocycles. The number of nitrogens with zero attached hydrogens (tertiary/aromatic N) is 5. The van der Waals surface area contributed by atoms with Crippen molar-refractivity contribution in [1.29, 1.82) is 0 Å². The molecule has 0 saturated heterocycles. The molecule has 2 heterocycles. The highest BCUT2D eigenvalue weighted by molar-refractivity contribution is 5.99. The Balaban J connectivity index is 1.89. The molecule has 0 bridgehead atoms. The van der Waals surface area contributed by atoms with Crippen molar-refractivity contribution in [1.82, 2.24) is 19.9 Å². The average molecular weight is 306 g/mol. The molecule has 2 aromatic carbocycles. The summed E-state index contributed by atoms with van der Waals surface area (Å²) < 4.78 is 0. The number of H-pyrrole nitrogens is 1. The second-order valence-corrected chi connectivity index (χ2v) is 4.81. The van der Waals surface area contributed by atoms with Crippen LogP contribution in [0, 0.1) is 0 Å². The standard InChI is InChI=1S/C15H10N6O2/c22-10-5-11(23)12(9-4-2-1-3-8(9)10)20-21-15-13-14(17-6-16-13)18-7-19-15/h1-7,22-23H,(H,16,17,18,19)/b21-20+. The lowest BCUT2D eigenvalue weighted by Crippen LogP contribution is -1.81. The predicted octanol–water partition coefficient (Wildman–Crippen LogP) is 3.33. The molecule has 0 radical (unpaired) electrons. The Morgan fingerprint density at radius 1 is 0.913 bits per heavy atom. The van der Waals surface area contributed by atoms with Gasteiger partial charge >= 0.3 is 0 Å². The van der Waals surface area contributed by atoms with E-state index in [0.29, 0.717) is 21.9 Å². The Bertz CT molecular complexity index is 1060. The van der Waals surface area contributed by atoms with Gasteiger partial charge in [-0.3, -0.25) is 0 Å². The van der Waals surface area contributed by atoms with Crippen molar-refractivity contribution in [3.63, 3.8) is 0 Å². The van der Waals surface area contributed by atoms with Crippen LogP contribution in [0.4, 0.5) is 11.5 Å². The molecule has 4 aromatic rings. The molecule has 0 aliphatic rings. The van der Waals surface area contributed by atoms with Crippen LogP contribution in [0.25, 0.3) is 21.9 Å². The van der Waals surface area contributed by atoms with Gasteiger partial charge in [-0.15, -0.1) is 10.2 Å². The minimum Gasteiger partial charge on any atom is -0.507 e. The van der Waals surface area contributed by atoms with E-state index in [2.05, 4.69) is 30.2 Å². The van der Waals surface area contributed by atoms with E-state index in [4.69, 9.17) is 0 Å². The number of nitrogens with one attached hydrogen (secondary N) is 1. The molecule has 0 spiro atoms. The predicted molar refractivity (Wildman–Crippen MR) is 83.1 cm³/mol. The zero-order valence-corrected chi connectivity index (χ0v) is 11.7. The summed E-state index contributed by atoms with van der Waals surface area (Å²) in [5.41, 5.74) is 1.29. The van der Waals surface area contributed by atoms with Gasteiger partial charge in [0.2, 0.25) is 5.82 Å². The quantitative estimate of drug-likeness (QED) is 0.491. The first-order valence-electron chi connectivity index (χ1n) is 6.73. The normalized spacial score (nSPS) is 11.7. The Kier molecular flexibility index (Phi) is 2.87. The molecule has 23 heavy (non-hydrogen) atoms. The van der Waals surface area contributed by atoms with E-state index >= 15 is 0 Å². The van der Waals surface area contributed by atoms with Gasteiger partial charge in [-0.05, 0) is 0 Å². The zero-order valence-electron chi connectivity index (χ0n) is 11.7. The Hall–Kier alpha value is -3.55. The van der Waals surface area contributed by atoms with Gasteiger partial charge in [-0.2, -0.15) is 0 Å². The number of phenolic OH excluding ortho intramolecular Hbond substituents is 2. The SMILES string of the molecule is Oc1cc(O)c2ccccc2c1/N=N/c1ncnc2[nH]cnc12. The summed E-state index contributed by atoms with van der Waals surface area (Å²) >= 11 is 0. The van der Waals surface area contributed by atoms with Crippen LogP contribution in [0.3, 0.4) is 0 Å². The van der Waals surface area contributed by atoms with Crippen molar-refractivity contribution < 1.29 is 10.2 Å². The van der Waals surface area contributed by atoms with Crippen LogP contribution < -0.4 is 0 Å².